The molecular formula is C18H26FN5O2S. The lowest BCUT2D eigenvalue weighted by molar-refractivity contribution is 0.228. The average molecular weight is 396 g/mol. The molecule has 148 valence electrons. The normalized spacial score (nSPS) is 24.8. The molecule has 0 aromatic carbocycles. The summed E-state index contributed by atoms with van der Waals surface area (Å²) in [5, 5.41) is 0.979. The zero-order valence-corrected chi connectivity index (χ0v) is 16.3. The zero-order valence-electron chi connectivity index (χ0n) is 15.5. The van der Waals surface area contributed by atoms with Gasteiger partial charge < -0.3 is 9.88 Å². The summed E-state index contributed by atoms with van der Waals surface area (Å²) < 4.78 is 39.6. The molecule has 9 heteroatoms. The van der Waals surface area contributed by atoms with Gasteiger partial charge in [0.2, 0.25) is 10.0 Å². The molecule has 2 fully saturated rings. The molecular weight excluding hydrogens is 369 g/mol. The number of hydrogen-bond donors (Lipinski definition) is 1. The summed E-state index contributed by atoms with van der Waals surface area (Å²) in [5.41, 5.74) is 0.807. The number of hydrogen-bond acceptors (Lipinski definition) is 5. The number of alkyl halides is 1. The van der Waals surface area contributed by atoms with Crippen LogP contribution in [0.1, 0.15) is 25.7 Å². The number of sulfonamides is 1. The fourth-order valence-electron chi connectivity index (χ4n) is 4.21. The summed E-state index contributed by atoms with van der Waals surface area (Å²) in [6, 6.07) is 2.25. The van der Waals surface area contributed by atoms with Crippen molar-refractivity contribution in [1.82, 2.24) is 19.3 Å². The first-order valence-corrected chi connectivity index (χ1v) is 11.1. The number of H-pyrrole nitrogens is 1. The second-order valence-electron chi connectivity index (χ2n) is 7.81. The van der Waals surface area contributed by atoms with E-state index in [9.17, 15) is 12.8 Å². The molecule has 0 unspecified atom stereocenters. The van der Waals surface area contributed by atoms with Gasteiger partial charge in [0.25, 0.3) is 0 Å². The molecule has 1 N–H and O–H groups in total. The molecule has 0 radical (unpaired) electrons. The van der Waals surface area contributed by atoms with Crippen LogP contribution in [0.15, 0.2) is 18.6 Å². The van der Waals surface area contributed by atoms with Crippen LogP contribution in [0.2, 0.25) is 0 Å². The van der Waals surface area contributed by atoms with E-state index in [0.717, 1.165) is 29.7 Å². The largest absolute Gasteiger partial charge is 0.356 e. The van der Waals surface area contributed by atoms with Gasteiger partial charge in [0.1, 0.15) is 17.8 Å². The third-order valence-electron chi connectivity index (χ3n) is 6.06. The first-order valence-electron chi connectivity index (χ1n) is 9.52. The summed E-state index contributed by atoms with van der Waals surface area (Å²) in [6.45, 7) is 0.570. The lowest BCUT2D eigenvalue weighted by atomic mass is 9.81. The van der Waals surface area contributed by atoms with Crippen LogP contribution in [-0.2, 0) is 10.0 Å². The second kappa shape index (κ2) is 7.35. The number of anilines is 1. The van der Waals surface area contributed by atoms with Gasteiger partial charge in [-0.1, -0.05) is 0 Å². The van der Waals surface area contributed by atoms with E-state index in [1.807, 2.05) is 19.3 Å². The van der Waals surface area contributed by atoms with Crippen molar-refractivity contribution in [2.75, 3.05) is 37.5 Å². The SMILES string of the molecule is CN(c1ncnc2[nH]ccc12)C1CC(CS(=O)(=O)N2CCC(CF)CC2)C1. The molecule has 1 saturated carbocycles. The fraction of sp³-hybridized carbons (Fsp3) is 0.667. The van der Waals surface area contributed by atoms with Crippen LogP contribution >= 0.6 is 0 Å². The molecule has 2 aromatic heterocycles. The van der Waals surface area contributed by atoms with E-state index in [1.165, 1.54) is 0 Å². The number of aromatic nitrogens is 3. The van der Waals surface area contributed by atoms with Crippen molar-refractivity contribution in [3.05, 3.63) is 18.6 Å². The Labute approximate surface area is 159 Å². The van der Waals surface area contributed by atoms with Gasteiger partial charge in [-0.3, -0.25) is 4.39 Å². The molecule has 1 aliphatic carbocycles. The van der Waals surface area contributed by atoms with E-state index in [2.05, 4.69) is 19.9 Å². The summed E-state index contributed by atoms with van der Waals surface area (Å²) in [5.74, 6) is 1.27. The Kier molecular flexibility index (Phi) is 5.07. The lowest BCUT2D eigenvalue weighted by Gasteiger charge is -2.42. The predicted octanol–water partition coefficient (Wildman–Crippen LogP) is 2.18. The number of aromatic amines is 1. The molecule has 0 atom stereocenters. The van der Waals surface area contributed by atoms with Crippen LogP contribution in [0.5, 0.6) is 0 Å². The number of halogens is 1. The Balaban J connectivity index is 1.33. The maximum Gasteiger partial charge on any atom is 0.214 e. The van der Waals surface area contributed by atoms with E-state index in [4.69, 9.17) is 0 Å². The lowest BCUT2D eigenvalue weighted by Crippen LogP contribution is -2.48. The molecule has 1 aliphatic heterocycles. The molecule has 0 bridgehead atoms. The number of nitrogens with one attached hydrogen (secondary N) is 1. The highest BCUT2D eigenvalue weighted by atomic mass is 32.2. The number of rotatable bonds is 6. The van der Waals surface area contributed by atoms with Gasteiger partial charge in [0, 0.05) is 32.4 Å². The van der Waals surface area contributed by atoms with E-state index < -0.39 is 10.0 Å². The maximum atomic E-state index is 12.7. The van der Waals surface area contributed by atoms with Crippen molar-refractivity contribution >= 4 is 26.9 Å². The van der Waals surface area contributed by atoms with Crippen LogP contribution in [0.25, 0.3) is 11.0 Å². The van der Waals surface area contributed by atoms with Crippen LogP contribution in [0, 0.1) is 11.8 Å². The van der Waals surface area contributed by atoms with Crippen LogP contribution in [0.3, 0.4) is 0 Å². The number of fused-ring (bicyclic) bond motifs is 1. The average Bonchev–Trinajstić information content (AvgIpc) is 3.12. The van der Waals surface area contributed by atoms with Gasteiger partial charge in [-0.15, -0.1) is 0 Å². The summed E-state index contributed by atoms with van der Waals surface area (Å²) >= 11 is 0. The summed E-state index contributed by atoms with van der Waals surface area (Å²) in [4.78, 5) is 13.8. The minimum atomic E-state index is -3.25. The Bertz CT molecular complexity index is 888. The minimum Gasteiger partial charge on any atom is -0.356 e. The third-order valence-corrected chi connectivity index (χ3v) is 8.10. The third kappa shape index (κ3) is 3.67. The Hall–Kier alpha value is -1.74. The molecule has 27 heavy (non-hydrogen) atoms. The quantitative estimate of drug-likeness (QED) is 0.811. The van der Waals surface area contributed by atoms with Crippen molar-refractivity contribution in [3.63, 3.8) is 0 Å². The molecule has 2 aromatic rings. The molecule has 0 amide bonds. The second-order valence-corrected chi connectivity index (χ2v) is 9.83. The van der Waals surface area contributed by atoms with Gasteiger partial charge >= 0.3 is 0 Å². The van der Waals surface area contributed by atoms with Gasteiger partial charge in [0.05, 0.1) is 17.8 Å². The van der Waals surface area contributed by atoms with Gasteiger partial charge in [-0.05, 0) is 43.6 Å². The maximum absolute atomic E-state index is 12.7. The zero-order chi connectivity index (χ0) is 19.0. The minimum absolute atomic E-state index is 0.0244. The molecule has 0 spiro atoms. The van der Waals surface area contributed by atoms with Crippen molar-refractivity contribution in [2.45, 2.75) is 31.7 Å². The summed E-state index contributed by atoms with van der Waals surface area (Å²) in [7, 11) is -1.25. The van der Waals surface area contributed by atoms with Crippen molar-refractivity contribution < 1.29 is 12.8 Å². The van der Waals surface area contributed by atoms with E-state index in [0.29, 0.717) is 25.9 Å². The topological polar surface area (TPSA) is 82.2 Å². The van der Waals surface area contributed by atoms with Gasteiger partial charge in [-0.25, -0.2) is 22.7 Å². The smallest absolute Gasteiger partial charge is 0.214 e. The van der Waals surface area contributed by atoms with Gasteiger partial charge in [-0.2, -0.15) is 0 Å². The fourth-order valence-corrected chi connectivity index (χ4v) is 6.06. The molecule has 3 heterocycles. The van der Waals surface area contributed by atoms with E-state index >= 15 is 0 Å². The molecule has 4 rings (SSSR count). The number of nitrogens with zero attached hydrogens (tertiary/aromatic N) is 4. The van der Waals surface area contributed by atoms with Crippen LogP contribution in [-0.4, -0.2) is 66.3 Å². The highest BCUT2D eigenvalue weighted by Crippen LogP contribution is 2.36. The molecule has 2 aliphatic rings. The molecule has 7 nitrogen and oxygen atoms in total. The summed E-state index contributed by atoms with van der Waals surface area (Å²) in [6.07, 6.45) is 6.34. The Morgan fingerprint density at radius 1 is 1.26 bits per heavy atom. The Morgan fingerprint density at radius 3 is 2.70 bits per heavy atom. The molecule has 1 saturated heterocycles. The van der Waals surface area contributed by atoms with E-state index in [1.54, 1.807) is 10.6 Å². The monoisotopic (exact) mass is 395 g/mol. The standard InChI is InChI=1S/C18H26FN5O2S/c1-23(18-16-2-5-20-17(16)21-12-22-18)15-8-14(9-15)11-27(25,26)24-6-3-13(10-19)4-7-24/h2,5,12-15H,3-4,6-11H2,1H3,(H,20,21,22). The van der Waals surface area contributed by atoms with Gasteiger partial charge in [0.15, 0.2) is 0 Å². The Morgan fingerprint density at radius 2 is 2.00 bits per heavy atom. The first kappa shape index (κ1) is 18.6. The van der Waals surface area contributed by atoms with Crippen molar-refractivity contribution in [3.8, 4) is 0 Å². The highest BCUT2D eigenvalue weighted by Gasteiger charge is 2.38. The van der Waals surface area contributed by atoms with E-state index in [-0.39, 0.29) is 30.3 Å². The highest BCUT2D eigenvalue weighted by molar-refractivity contribution is 7.89. The first-order chi connectivity index (χ1) is 13.0. The van der Waals surface area contributed by atoms with Crippen LogP contribution in [0.4, 0.5) is 10.2 Å². The van der Waals surface area contributed by atoms with Crippen molar-refractivity contribution in [2.24, 2.45) is 11.8 Å². The van der Waals surface area contributed by atoms with Crippen molar-refractivity contribution in [1.29, 1.82) is 0 Å². The number of piperidine rings is 1. The van der Waals surface area contributed by atoms with Crippen LogP contribution < -0.4 is 4.90 Å². The predicted molar refractivity (Wildman–Crippen MR) is 103 cm³/mol.